The van der Waals surface area contributed by atoms with Crippen molar-refractivity contribution in [2.45, 2.75) is 18.4 Å². The van der Waals surface area contributed by atoms with Gasteiger partial charge in [-0.3, -0.25) is 0 Å². The number of hydrogen-bond acceptors (Lipinski definition) is 3. The van der Waals surface area contributed by atoms with Crippen molar-refractivity contribution >= 4 is 5.52 Å². The van der Waals surface area contributed by atoms with Gasteiger partial charge in [0.1, 0.15) is 0 Å². The van der Waals surface area contributed by atoms with Gasteiger partial charge in [0.15, 0.2) is 0 Å². The normalized spacial score (nSPS) is 19.2. The van der Waals surface area contributed by atoms with Crippen LogP contribution in [0.1, 0.15) is 18.5 Å². The highest BCUT2D eigenvalue weighted by Gasteiger charge is 2.42. The van der Waals surface area contributed by atoms with E-state index in [4.69, 9.17) is 5.73 Å². The van der Waals surface area contributed by atoms with Gasteiger partial charge in [-0.25, -0.2) is 4.52 Å². The molecule has 2 aromatic heterocycles. The lowest BCUT2D eigenvalue weighted by Crippen LogP contribution is -2.22. The molecule has 2 N–H and O–H groups in total. The summed E-state index contributed by atoms with van der Waals surface area (Å²) >= 11 is 0. The van der Waals surface area contributed by atoms with Gasteiger partial charge in [-0.15, -0.1) is 5.10 Å². The van der Waals surface area contributed by atoms with Crippen LogP contribution in [0.15, 0.2) is 24.4 Å². The molecule has 0 saturated heterocycles. The highest BCUT2D eigenvalue weighted by molar-refractivity contribution is 5.45. The summed E-state index contributed by atoms with van der Waals surface area (Å²) in [7, 11) is 0. The predicted octanol–water partition coefficient (Wildman–Crippen LogP) is 0.677. The van der Waals surface area contributed by atoms with Gasteiger partial charge in [0.05, 0.1) is 22.9 Å². The quantitative estimate of drug-likeness (QED) is 0.691. The molecule has 1 aliphatic rings. The second-order valence-corrected chi connectivity index (χ2v) is 3.64. The summed E-state index contributed by atoms with van der Waals surface area (Å²) in [6.45, 7) is 0. The Morgan fingerprint density at radius 3 is 3.00 bits per heavy atom. The molecule has 0 bridgehead atoms. The van der Waals surface area contributed by atoms with Crippen molar-refractivity contribution in [1.29, 1.82) is 0 Å². The summed E-state index contributed by atoms with van der Waals surface area (Å²) in [6, 6.07) is 6.00. The zero-order chi connectivity index (χ0) is 8.89. The molecule has 1 aliphatic carbocycles. The fourth-order valence-electron chi connectivity index (χ4n) is 1.62. The van der Waals surface area contributed by atoms with Crippen molar-refractivity contribution < 1.29 is 0 Å². The minimum absolute atomic E-state index is 0.146. The Bertz CT molecular complexity index is 455. The summed E-state index contributed by atoms with van der Waals surface area (Å²) in [5.41, 5.74) is 8.04. The summed E-state index contributed by atoms with van der Waals surface area (Å²) in [5.74, 6) is 0. The minimum atomic E-state index is -0.146. The first-order valence-corrected chi connectivity index (χ1v) is 4.38. The SMILES string of the molecule is NC1(c2cccc3cnnn23)CC1. The predicted molar refractivity (Wildman–Crippen MR) is 48.1 cm³/mol. The average Bonchev–Trinajstić information content (AvgIpc) is 2.72. The van der Waals surface area contributed by atoms with E-state index in [2.05, 4.69) is 10.3 Å². The van der Waals surface area contributed by atoms with E-state index in [0.29, 0.717) is 0 Å². The van der Waals surface area contributed by atoms with Crippen LogP contribution in [0.5, 0.6) is 0 Å². The summed E-state index contributed by atoms with van der Waals surface area (Å²) < 4.78 is 1.83. The first-order valence-electron chi connectivity index (χ1n) is 4.38. The fourth-order valence-corrected chi connectivity index (χ4v) is 1.62. The summed E-state index contributed by atoms with van der Waals surface area (Å²) in [4.78, 5) is 0. The van der Waals surface area contributed by atoms with Gasteiger partial charge in [0, 0.05) is 0 Å². The van der Waals surface area contributed by atoms with Gasteiger partial charge in [0.25, 0.3) is 0 Å². The number of nitrogens with zero attached hydrogens (tertiary/aromatic N) is 3. The largest absolute Gasteiger partial charge is 0.320 e. The third kappa shape index (κ3) is 0.890. The van der Waals surface area contributed by atoms with E-state index in [0.717, 1.165) is 24.1 Å². The fraction of sp³-hybridized carbons (Fsp3) is 0.333. The molecule has 0 atom stereocenters. The van der Waals surface area contributed by atoms with Crippen molar-refractivity contribution in [3.8, 4) is 0 Å². The third-order valence-corrected chi connectivity index (χ3v) is 2.62. The number of fused-ring (bicyclic) bond motifs is 1. The highest BCUT2D eigenvalue weighted by atomic mass is 15.4. The monoisotopic (exact) mass is 174 g/mol. The number of pyridine rings is 1. The van der Waals surface area contributed by atoms with Crippen LogP contribution in [0.25, 0.3) is 5.52 Å². The second kappa shape index (κ2) is 2.09. The minimum Gasteiger partial charge on any atom is -0.320 e. The van der Waals surface area contributed by atoms with E-state index in [9.17, 15) is 0 Å². The molecule has 0 spiro atoms. The highest BCUT2D eigenvalue weighted by Crippen LogP contribution is 2.42. The lowest BCUT2D eigenvalue weighted by atomic mass is 10.2. The molecule has 1 fully saturated rings. The first kappa shape index (κ1) is 7.03. The molecular formula is C9H10N4. The van der Waals surface area contributed by atoms with Crippen LogP contribution >= 0.6 is 0 Å². The zero-order valence-corrected chi connectivity index (χ0v) is 7.14. The van der Waals surface area contributed by atoms with Crippen LogP contribution in [-0.2, 0) is 5.54 Å². The Balaban J connectivity index is 2.33. The van der Waals surface area contributed by atoms with Crippen molar-refractivity contribution in [2.75, 3.05) is 0 Å². The molecule has 0 aromatic carbocycles. The molecule has 0 radical (unpaired) electrons. The van der Waals surface area contributed by atoms with Crippen LogP contribution in [0.3, 0.4) is 0 Å². The van der Waals surface area contributed by atoms with E-state index in [-0.39, 0.29) is 5.54 Å². The molecule has 1 saturated carbocycles. The van der Waals surface area contributed by atoms with Crippen LogP contribution in [-0.4, -0.2) is 14.8 Å². The average molecular weight is 174 g/mol. The topological polar surface area (TPSA) is 56.2 Å². The lowest BCUT2D eigenvalue weighted by molar-refractivity contribution is 0.656. The molecule has 3 rings (SSSR count). The molecule has 2 heterocycles. The van der Waals surface area contributed by atoms with E-state index in [1.807, 2.05) is 22.7 Å². The second-order valence-electron chi connectivity index (χ2n) is 3.64. The summed E-state index contributed by atoms with van der Waals surface area (Å²) in [5, 5.41) is 7.87. The Kier molecular flexibility index (Phi) is 1.13. The van der Waals surface area contributed by atoms with Crippen molar-refractivity contribution in [3.63, 3.8) is 0 Å². The van der Waals surface area contributed by atoms with E-state index in [1.165, 1.54) is 0 Å². The third-order valence-electron chi connectivity index (χ3n) is 2.62. The molecule has 13 heavy (non-hydrogen) atoms. The Hall–Kier alpha value is -1.42. The van der Waals surface area contributed by atoms with Gasteiger partial charge in [-0.1, -0.05) is 11.3 Å². The number of aromatic nitrogens is 3. The van der Waals surface area contributed by atoms with Gasteiger partial charge >= 0.3 is 0 Å². The van der Waals surface area contributed by atoms with Crippen molar-refractivity contribution in [1.82, 2.24) is 14.8 Å². The summed E-state index contributed by atoms with van der Waals surface area (Å²) in [6.07, 6.45) is 3.84. The number of rotatable bonds is 1. The first-order chi connectivity index (χ1) is 6.30. The van der Waals surface area contributed by atoms with E-state index in [1.54, 1.807) is 6.20 Å². The standard InChI is InChI=1S/C9H10N4/c10-9(4-5-9)8-3-1-2-7-6-11-12-13(7)8/h1-3,6H,4-5,10H2. The molecular weight excluding hydrogens is 164 g/mol. The maximum atomic E-state index is 6.10. The number of nitrogens with two attached hydrogens (primary N) is 1. The molecule has 4 nitrogen and oxygen atoms in total. The Morgan fingerprint density at radius 1 is 1.38 bits per heavy atom. The molecule has 2 aromatic rings. The molecule has 0 amide bonds. The van der Waals surface area contributed by atoms with E-state index < -0.39 is 0 Å². The van der Waals surface area contributed by atoms with Gasteiger partial charge in [0.2, 0.25) is 0 Å². The molecule has 4 heteroatoms. The van der Waals surface area contributed by atoms with E-state index >= 15 is 0 Å². The smallest absolute Gasteiger partial charge is 0.0869 e. The Labute approximate surface area is 75.4 Å². The van der Waals surface area contributed by atoms with Crippen molar-refractivity contribution in [3.05, 3.63) is 30.1 Å². The molecule has 0 unspecified atom stereocenters. The molecule has 0 aliphatic heterocycles. The maximum absolute atomic E-state index is 6.10. The Morgan fingerprint density at radius 2 is 2.23 bits per heavy atom. The maximum Gasteiger partial charge on any atom is 0.0869 e. The number of hydrogen-bond donors (Lipinski definition) is 1. The van der Waals surface area contributed by atoms with Crippen LogP contribution in [0.2, 0.25) is 0 Å². The van der Waals surface area contributed by atoms with Gasteiger partial charge < -0.3 is 5.73 Å². The van der Waals surface area contributed by atoms with Crippen LogP contribution < -0.4 is 5.73 Å². The van der Waals surface area contributed by atoms with Gasteiger partial charge in [-0.05, 0) is 25.0 Å². The van der Waals surface area contributed by atoms with Crippen LogP contribution in [0, 0.1) is 0 Å². The zero-order valence-electron chi connectivity index (χ0n) is 7.14. The van der Waals surface area contributed by atoms with Crippen molar-refractivity contribution in [2.24, 2.45) is 5.73 Å². The lowest BCUT2D eigenvalue weighted by Gasteiger charge is -2.09. The van der Waals surface area contributed by atoms with Crippen LogP contribution in [0.4, 0.5) is 0 Å². The van der Waals surface area contributed by atoms with Gasteiger partial charge in [-0.2, -0.15) is 0 Å². The molecule has 66 valence electrons.